The molecule has 0 aromatic heterocycles. The highest BCUT2D eigenvalue weighted by atomic mass is 19.4. The van der Waals surface area contributed by atoms with Gasteiger partial charge in [0.25, 0.3) is 5.91 Å². The molecule has 1 aliphatic heterocycles. The summed E-state index contributed by atoms with van der Waals surface area (Å²) < 4.78 is 73.0. The third kappa shape index (κ3) is 3.74. The van der Waals surface area contributed by atoms with Crippen LogP contribution in [0.2, 0.25) is 0 Å². The number of carbonyl (C=O) groups excluding carboxylic acids is 1. The minimum absolute atomic E-state index is 0.198. The Balaban J connectivity index is 1.94. The maximum atomic E-state index is 14.3. The Morgan fingerprint density at radius 1 is 1.10 bits per heavy atom. The lowest BCUT2D eigenvalue weighted by molar-refractivity contribution is -0.363. The van der Waals surface area contributed by atoms with Gasteiger partial charge in [0.1, 0.15) is 5.75 Å². The van der Waals surface area contributed by atoms with Crippen molar-refractivity contribution in [2.75, 3.05) is 6.61 Å². The molecule has 0 saturated heterocycles. The van der Waals surface area contributed by atoms with Crippen molar-refractivity contribution in [2.45, 2.75) is 31.2 Å². The fourth-order valence-electron chi connectivity index (χ4n) is 2.99. The molecule has 2 aromatic carbocycles. The average molecular weight is 428 g/mol. The van der Waals surface area contributed by atoms with Crippen LogP contribution in [0.25, 0.3) is 0 Å². The number of hydrogen-bond acceptors (Lipinski definition) is 4. The van der Waals surface area contributed by atoms with Crippen LogP contribution < -0.4 is 4.74 Å². The molecule has 0 saturated carbocycles. The molecule has 1 N–H and O–H groups in total. The number of rotatable bonds is 5. The van der Waals surface area contributed by atoms with Gasteiger partial charge in [-0.05, 0) is 24.1 Å². The van der Waals surface area contributed by atoms with Crippen LogP contribution in [0.5, 0.6) is 5.75 Å². The Bertz CT molecular complexity index is 962. The number of alkyl halides is 5. The topological polar surface area (TPSA) is 62.1 Å². The Labute approximate surface area is 168 Å². The molecule has 5 nitrogen and oxygen atoms in total. The molecule has 0 fully saturated rings. The third-order valence-electron chi connectivity index (χ3n) is 4.63. The molecule has 0 aliphatic carbocycles. The van der Waals surface area contributed by atoms with E-state index in [2.05, 4.69) is 5.10 Å². The summed E-state index contributed by atoms with van der Waals surface area (Å²) in [6, 6.07) is 13.9. The number of hydrogen-bond donors (Lipinski definition) is 1. The second-order valence-corrected chi connectivity index (χ2v) is 6.74. The number of aliphatic hydroxyl groups is 1. The number of nitrogens with zero attached hydrogens (tertiary/aromatic N) is 2. The lowest BCUT2D eigenvalue weighted by Gasteiger charge is -2.37. The summed E-state index contributed by atoms with van der Waals surface area (Å²) in [5.41, 5.74) is -3.39. The maximum absolute atomic E-state index is 14.3. The van der Waals surface area contributed by atoms with Crippen LogP contribution in [0.3, 0.4) is 0 Å². The van der Waals surface area contributed by atoms with Crippen molar-refractivity contribution in [1.82, 2.24) is 5.01 Å². The van der Waals surface area contributed by atoms with Crippen molar-refractivity contribution in [3.63, 3.8) is 0 Å². The van der Waals surface area contributed by atoms with E-state index in [1.165, 1.54) is 30.3 Å². The molecular formula is C20H17F5N2O3. The largest absolute Gasteiger partial charge is 0.483 e. The average Bonchev–Trinajstić information content (AvgIpc) is 3.06. The van der Waals surface area contributed by atoms with Gasteiger partial charge in [-0.2, -0.15) is 32.1 Å². The van der Waals surface area contributed by atoms with Crippen molar-refractivity contribution < 1.29 is 36.6 Å². The first-order valence-corrected chi connectivity index (χ1v) is 8.78. The molecule has 1 amide bonds. The Kier molecular flexibility index (Phi) is 5.55. The summed E-state index contributed by atoms with van der Waals surface area (Å²) in [5, 5.41) is 13.8. The summed E-state index contributed by atoms with van der Waals surface area (Å²) in [6.45, 7) is 0.766. The van der Waals surface area contributed by atoms with E-state index in [1.807, 2.05) is 0 Å². The smallest absolute Gasteiger partial charge is 0.458 e. The maximum Gasteiger partial charge on any atom is 0.458 e. The third-order valence-corrected chi connectivity index (χ3v) is 4.63. The summed E-state index contributed by atoms with van der Waals surface area (Å²) in [4.78, 5) is 12.5. The predicted molar refractivity (Wildman–Crippen MR) is 97.1 cm³/mol. The molecule has 1 atom stereocenters. The molecule has 1 aliphatic rings. The fourth-order valence-corrected chi connectivity index (χ4v) is 2.99. The molecule has 2 aromatic rings. The van der Waals surface area contributed by atoms with E-state index in [0.717, 1.165) is 0 Å². The van der Waals surface area contributed by atoms with Crippen LogP contribution >= 0.6 is 0 Å². The Hall–Kier alpha value is -3.01. The van der Waals surface area contributed by atoms with Crippen molar-refractivity contribution >= 4 is 11.6 Å². The molecule has 10 heteroatoms. The highest BCUT2D eigenvalue weighted by molar-refractivity contribution is 6.03. The fraction of sp³-hybridized carbons (Fsp3) is 0.300. The van der Waals surface area contributed by atoms with Crippen LogP contribution in [0.4, 0.5) is 22.0 Å². The molecule has 0 radical (unpaired) electrons. The number of benzene rings is 2. The normalized spacial score (nSPS) is 19.6. The Morgan fingerprint density at radius 2 is 1.70 bits per heavy atom. The van der Waals surface area contributed by atoms with E-state index >= 15 is 0 Å². The van der Waals surface area contributed by atoms with Crippen LogP contribution in [-0.4, -0.2) is 46.2 Å². The summed E-state index contributed by atoms with van der Waals surface area (Å²) in [7, 11) is 0. The number of carbonyl (C=O) groups is 1. The van der Waals surface area contributed by atoms with Gasteiger partial charge in [0.15, 0.2) is 6.61 Å². The van der Waals surface area contributed by atoms with E-state index in [-0.39, 0.29) is 22.0 Å². The first-order chi connectivity index (χ1) is 14.0. The van der Waals surface area contributed by atoms with Gasteiger partial charge in [0.05, 0.1) is 5.71 Å². The lowest BCUT2D eigenvalue weighted by Crippen LogP contribution is -2.65. The second kappa shape index (κ2) is 7.67. The van der Waals surface area contributed by atoms with Crippen LogP contribution in [0, 0.1) is 6.92 Å². The van der Waals surface area contributed by atoms with Crippen molar-refractivity contribution in [1.29, 1.82) is 0 Å². The minimum atomic E-state index is -6.11. The number of para-hydroxylation sites is 1. The summed E-state index contributed by atoms with van der Waals surface area (Å²) in [5.74, 6) is -6.75. The molecule has 3 rings (SSSR count). The quantitative estimate of drug-likeness (QED) is 0.735. The number of ether oxygens (including phenoxy) is 1. The van der Waals surface area contributed by atoms with Crippen molar-refractivity contribution in [3.8, 4) is 5.75 Å². The zero-order chi connectivity index (χ0) is 22.2. The van der Waals surface area contributed by atoms with E-state index < -0.39 is 36.8 Å². The highest BCUT2D eigenvalue weighted by Crippen LogP contribution is 2.49. The van der Waals surface area contributed by atoms with Crippen molar-refractivity contribution in [2.24, 2.45) is 5.10 Å². The van der Waals surface area contributed by atoms with E-state index in [0.29, 0.717) is 5.56 Å². The first kappa shape index (κ1) is 21.7. The highest BCUT2D eigenvalue weighted by Gasteiger charge is 2.75. The molecule has 0 spiro atoms. The van der Waals surface area contributed by atoms with Gasteiger partial charge in [-0.15, -0.1) is 0 Å². The van der Waals surface area contributed by atoms with Crippen LogP contribution in [0.15, 0.2) is 59.7 Å². The van der Waals surface area contributed by atoms with Crippen LogP contribution in [0.1, 0.15) is 17.5 Å². The SMILES string of the molecule is Cc1ccccc1OCC(=O)N1N=C(c2ccccc2)C[C@@]1(O)C(F)(F)C(F)(F)F. The van der Waals surface area contributed by atoms with Gasteiger partial charge < -0.3 is 9.84 Å². The second-order valence-electron chi connectivity index (χ2n) is 6.74. The minimum Gasteiger partial charge on any atom is -0.483 e. The predicted octanol–water partition coefficient (Wildman–Crippen LogP) is 3.90. The molecular weight excluding hydrogens is 411 g/mol. The van der Waals surface area contributed by atoms with Crippen molar-refractivity contribution in [3.05, 3.63) is 65.7 Å². The van der Waals surface area contributed by atoms with Gasteiger partial charge in [0, 0.05) is 6.42 Å². The van der Waals surface area contributed by atoms with Crippen LogP contribution in [-0.2, 0) is 4.79 Å². The first-order valence-electron chi connectivity index (χ1n) is 8.78. The lowest BCUT2D eigenvalue weighted by atomic mass is 9.95. The molecule has 1 heterocycles. The van der Waals surface area contributed by atoms with E-state index in [9.17, 15) is 31.9 Å². The summed E-state index contributed by atoms with van der Waals surface area (Å²) >= 11 is 0. The van der Waals surface area contributed by atoms with Gasteiger partial charge in [-0.1, -0.05) is 48.5 Å². The number of halogens is 5. The number of amides is 1. The van der Waals surface area contributed by atoms with Gasteiger partial charge >= 0.3 is 12.1 Å². The van der Waals surface area contributed by atoms with E-state index in [4.69, 9.17) is 4.74 Å². The standard InChI is InChI=1S/C20H17F5N2O3/c1-13-7-5-6-10-16(13)30-12-17(28)27-18(29,19(21,22)20(23,24)25)11-15(26-27)14-8-3-2-4-9-14/h2-10,29H,11-12H2,1H3/t18-/m1/s1. The molecule has 0 bridgehead atoms. The summed E-state index contributed by atoms with van der Waals surface area (Å²) in [6.07, 6.45) is -7.32. The monoisotopic (exact) mass is 428 g/mol. The Morgan fingerprint density at radius 3 is 2.30 bits per heavy atom. The van der Waals surface area contributed by atoms with E-state index in [1.54, 1.807) is 31.2 Å². The molecule has 0 unspecified atom stereocenters. The van der Waals surface area contributed by atoms with Gasteiger partial charge in [-0.3, -0.25) is 4.79 Å². The number of hydrazone groups is 1. The molecule has 160 valence electrons. The number of aryl methyl sites for hydroxylation is 1. The van der Waals surface area contributed by atoms with Gasteiger partial charge in [0.2, 0.25) is 5.72 Å². The zero-order valence-electron chi connectivity index (χ0n) is 15.7. The molecule has 30 heavy (non-hydrogen) atoms. The van der Waals surface area contributed by atoms with Gasteiger partial charge in [-0.25, -0.2) is 0 Å². The zero-order valence-corrected chi connectivity index (χ0v) is 15.7.